The predicted octanol–water partition coefficient (Wildman–Crippen LogP) is 2.03. The number of hydrogen-bond donors (Lipinski definition) is 2. The van der Waals surface area contributed by atoms with Gasteiger partial charge in [-0.25, -0.2) is 15.0 Å². The first-order valence-corrected chi connectivity index (χ1v) is 7.62. The molecular weight excluding hydrogens is 296 g/mol. The summed E-state index contributed by atoms with van der Waals surface area (Å²) in [6.07, 6.45) is 2.23. The number of nitrogens with zero attached hydrogens (tertiary/aromatic N) is 3. The number of aromatic nitrogens is 3. The molecule has 0 fully saturated rings. The number of nitrogens with one attached hydrogen (secondary N) is 1. The van der Waals surface area contributed by atoms with Crippen molar-refractivity contribution in [2.75, 3.05) is 18.5 Å². The van der Waals surface area contributed by atoms with Crippen molar-refractivity contribution < 1.29 is 14.3 Å². The summed E-state index contributed by atoms with van der Waals surface area (Å²) < 4.78 is 11.8. The summed E-state index contributed by atoms with van der Waals surface area (Å²) in [4.78, 5) is 13.2. The molecule has 120 valence electrons. The number of anilines is 1. The van der Waals surface area contributed by atoms with E-state index in [0.29, 0.717) is 30.3 Å². The molecule has 0 radical (unpaired) electrons. The number of hydrogen-bond acceptors (Lipinski definition) is 7. The summed E-state index contributed by atoms with van der Waals surface area (Å²) in [5.74, 6) is 0.566. The summed E-state index contributed by atoms with van der Waals surface area (Å²) in [5, 5.41) is 12.9. The number of furan rings is 1. The maximum Gasteiger partial charge on any atom is 0.229 e. The van der Waals surface area contributed by atoms with Gasteiger partial charge in [0.2, 0.25) is 5.71 Å². The van der Waals surface area contributed by atoms with Crippen molar-refractivity contribution in [3.05, 3.63) is 23.7 Å². The van der Waals surface area contributed by atoms with Gasteiger partial charge < -0.3 is 19.6 Å². The fourth-order valence-corrected chi connectivity index (χ4v) is 2.89. The topological polar surface area (TPSA) is 93.3 Å². The van der Waals surface area contributed by atoms with Crippen LogP contribution in [0.4, 0.5) is 5.82 Å². The summed E-state index contributed by atoms with van der Waals surface area (Å²) in [6, 6.07) is 2.04. The van der Waals surface area contributed by atoms with Crippen LogP contribution in [-0.4, -0.2) is 38.8 Å². The second-order valence-electron chi connectivity index (χ2n) is 6.32. The van der Waals surface area contributed by atoms with Crippen LogP contribution in [0.1, 0.15) is 25.1 Å². The van der Waals surface area contributed by atoms with Gasteiger partial charge in [0.1, 0.15) is 11.8 Å². The van der Waals surface area contributed by atoms with E-state index in [4.69, 9.17) is 14.3 Å². The number of pyridine rings is 1. The van der Waals surface area contributed by atoms with Crippen molar-refractivity contribution in [1.29, 1.82) is 0 Å². The fraction of sp³-hybridized carbons (Fsp3) is 0.438. The molecule has 1 aliphatic rings. The summed E-state index contributed by atoms with van der Waals surface area (Å²) in [7, 11) is 0. The second kappa shape index (κ2) is 5.14. The highest BCUT2D eigenvalue weighted by Gasteiger charge is 2.28. The Kier molecular flexibility index (Phi) is 3.21. The molecule has 23 heavy (non-hydrogen) atoms. The number of aliphatic hydroxyl groups excluding tert-OH is 1. The monoisotopic (exact) mass is 314 g/mol. The molecule has 7 heteroatoms. The Morgan fingerprint density at radius 3 is 3.04 bits per heavy atom. The van der Waals surface area contributed by atoms with Gasteiger partial charge in [-0.1, -0.05) is 0 Å². The number of ether oxygens (including phenoxy) is 1. The van der Waals surface area contributed by atoms with E-state index in [0.717, 1.165) is 28.6 Å². The minimum absolute atomic E-state index is 0.0185. The SMILES string of the molecule is CC1(C)Cc2nc3oc4c(NCCO)ncnc4c3cc2CO1. The van der Waals surface area contributed by atoms with E-state index < -0.39 is 0 Å². The Bertz CT molecular complexity index is 888. The normalized spacial score (nSPS) is 16.7. The molecule has 4 heterocycles. The van der Waals surface area contributed by atoms with Gasteiger partial charge in [0.15, 0.2) is 11.4 Å². The lowest BCUT2D eigenvalue weighted by Crippen LogP contribution is -2.32. The molecule has 0 amide bonds. The van der Waals surface area contributed by atoms with Crippen LogP contribution in [-0.2, 0) is 17.8 Å². The largest absolute Gasteiger partial charge is 0.432 e. The third kappa shape index (κ3) is 2.42. The van der Waals surface area contributed by atoms with Gasteiger partial charge in [-0.05, 0) is 19.9 Å². The molecule has 7 nitrogen and oxygen atoms in total. The van der Waals surface area contributed by atoms with Crippen LogP contribution in [0.25, 0.3) is 22.2 Å². The van der Waals surface area contributed by atoms with E-state index in [2.05, 4.69) is 34.1 Å². The van der Waals surface area contributed by atoms with Crippen LogP contribution in [0, 0.1) is 0 Å². The highest BCUT2D eigenvalue weighted by Crippen LogP contribution is 2.34. The zero-order chi connectivity index (χ0) is 16.0. The van der Waals surface area contributed by atoms with Crippen molar-refractivity contribution in [2.45, 2.75) is 32.5 Å². The Labute approximate surface area is 132 Å². The first-order chi connectivity index (χ1) is 11.1. The second-order valence-corrected chi connectivity index (χ2v) is 6.32. The highest BCUT2D eigenvalue weighted by atomic mass is 16.5. The van der Waals surface area contributed by atoms with Gasteiger partial charge in [-0.2, -0.15) is 0 Å². The molecule has 0 bridgehead atoms. The third-order valence-corrected chi connectivity index (χ3v) is 4.03. The molecule has 3 aromatic rings. The average molecular weight is 314 g/mol. The van der Waals surface area contributed by atoms with Gasteiger partial charge in [-0.3, -0.25) is 0 Å². The van der Waals surface area contributed by atoms with Gasteiger partial charge in [0, 0.05) is 18.5 Å². The molecular formula is C16H18N4O3. The van der Waals surface area contributed by atoms with Gasteiger partial charge in [0.05, 0.1) is 29.9 Å². The zero-order valence-electron chi connectivity index (χ0n) is 13.1. The molecule has 3 aromatic heterocycles. The molecule has 0 saturated heterocycles. The van der Waals surface area contributed by atoms with Gasteiger partial charge in [0.25, 0.3) is 0 Å². The van der Waals surface area contributed by atoms with E-state index in [1.54, 1.807) is 0 Å². The first-order valence-electron chi connectivity index (χ1n) is 7.62. The lowest BCUT2D eigenvalue weighted by atomic mass is 9.95. The van der Waals surface area contributed by atoms with Crippen molar-refractivity contribution in [2.24, 2.45) is 0 Å². The smallest absolute Gasteiger partial charge is 0.229 e. The Balaban J connectivity index is 1.88. The van der Waals surface area contributed by atoms with Crippen LogP contribution in [0.5, 0.6) is 0 Å². The molecule has 4 rings (SSSR count). The summed E-state index contributed by atoms with van der Waals surface area (Å²) >= 11 is 0. The van der Waals surface area contributed by atoms with Gasteiger partial charge >= 0.3 is 0 Å². The minimum Gasteiger partial charge on any atom is -0.432 e. The van der Waals surface area contributed by atoms with E-state index in [1.807, 2.05) is 6.07 Å². The fourth-order valence-electron chi connectivity index (χ4n) is 2.89. The maximum atomic E-state index is 8.97. The van der Waals surface area contributed by atoms with Crippen LogP contribution in [0.3, 0.4) is 0 Å². The minimum atomic E-state index is -0.215. The Hall–Kier alpha value is -2.25. The number of fused-ring (bicyclic) bond motifs is 4. The van der Waals surface area contributed by atoms with E-state index >= 15 is 0 Å². The van der Waals surface area contributed by atoms with Crippen molar-refractivity contribution in [3.63, 3.8) is 0 Å². The first kappa shape index (κ1) is 14.3. The zero-order valence-corrected chi connectivity index (χ0v) is 13.1. The predicted molar refractivity (Wildman–Crippen MR) is 85.3 cm³/mol. The van der Waals surface area contributed by atoms with Crippen LogP contribution >= 0.6 is 0 Å². The Morgan fingerprint density at radius 1 is 1.35 bits per heavy atom. The van der Waals surface area contributed by atoms with Crippen molar-refractivity contribution in [3.8, 4) is 0 Å². The van der Waals surface area contributed by atoms with E-state index in [9.17, 15) is 0 Å². The summed E-state index contributed by atoms with van der Waals surface area (Å²) in [5.41, 5.74) is 3.70. The van der Waals surface area contributed by atoms with Crippen LogP contribution in [0.15, 0.2) is 16.8 Å². The van der Waals surface area contributed by atoms with Crippen LogP contribution in [0.2, 0.25) is 0 Å². The maximum absolute atomic E-state index is 8.97. The molecule has 0 atom stereocenters. The standard InChI is InChI=1S/C16H18N4O3/c1-16(2)6-11-9(7-22-16)5-10-12-13(23-15(10)20-11)14(17-3-4-21)19-8-18-12/h5,8,21H,3-4,6-7H2,1-2H3,(H,17,18,19). The molecule has 0 aromatic carbocycles. The highest BCUT2D eigenvalue weighted by molar-refractivity contribution is 6.04. The average Bonchev–Trinajstić information content (AvgIpc) is 2.88. The number of aliphatic hydroxyl groups is 1. The molecule has 2 N–H and O–H groups in total. The summed E-state index contributed by atoms with van der Waals surface area (Å²) in [6.45, 7) is 5.07. The van der Waals surface area contributed by atoms with Gasteiger partial charge in [-0.15, -0.1) is 0 Å². The van der Waals surface area contributed by atoms with Crippen molar-refractivity contribution >= 4 is 28.0 Å². The Morgan fingerprint density at radius 2 is 2.22 bits per heavy atom. The van der Waals surface area contributed by atoms with E-state index in [1.165, 1.54) is 6.33 Å². The third-order valence-electron chi connectivity index (χ3n) is 4.03. The van der Waals surface area contributed by atoms with E-state index in [-0.39, 0.29) is 12.2 Å². The molecule has 0 saturated carbocycles. The molecule has 0 spiro atoms. The molecule has 0 unspecified atom stereocenters. The van der Waals surface area contributed by atoms with Crippen LogP contribution < -0.4 is 5.32 Å². The lowest BCUT2D eigenvalue weighted by molar-refractivity contribution is -0.0411. The lowest BCUT2D eigenvalue weighted by Gasteiger charge is -2.30. The van der Waals surface area contributed by atoms with Crippen molar-refractivity contribution in [1.82, 2.24) is 15.0 Å². The molecule has 0 aliphatic carbocycles. The quantitative estimate of drug-likeness (QED) is 0.764. The number of rotatable bonds is 3. The molecule has 1 aliphatic heterocycles.